The molecule has 4 heteroatoms. The quantitative estimate of drug-likeness (QED) is 0.845. The molecule has 0 aromatic heterocycles. The zero-order valence-electron chi connectivity index (χ0n) is 8.82. The van der Waals surface area contributed by atoms with Crippen molar-refractivity contribution in [3.63, 3.8) is 0 Å². The molecule has 0 saturated carbocycles. The minimum Gasteiger partial charge on any atom is -0.506 e. The van der Waals surface area contributed by atoms with Gasteiger partial charge in [-0.25, -0.2) is 0 Å². The van der Waals surface area contributed by atoms with Gasteiger partial charge in [0.1, 0.15) is 11.5 Å². The standard InChI is InChI=1S/C13H10Br2O2/c14-10-5-1-3-8(12(10)16)7-9-4-2-6-11(15)13(9)17/h1-6,16-17H,7H2. The van der Waals surface area contributed by atoms with Crippen LogP contribution in [0.15, 0.2) is 45.3 Å². The van der Waals surface area contributed by atoms with Crippen LogP contribution in [0.2, 0.25) is 0 Å². The molecular weight excluding hydrogens is 348 g/mol. The first-order chi connectivity index (χ1) is 8.09. The van der Waals surface area contributed by atoms with Crippen LogP contribution in [0.3, 0.4) is 0 Å². The van der Waals surface area contributed by atoms with Gasteiger partial charge in [-0.1, -0.05) is 24.3 Å². The van der Waals surface area contributed by atoms with E-state index in [1.165, 1.54) is 0 Å². The van der Waals surface area contributed by atoms with E-state index in [-0.39, 0.29) is 11.5 Å². The van der Waals surface area contributed by atoms with Gasteiger partial charge in [0, 0.05) is 6.42 Å². The van der Waals surface area contributed by atoms with Gasteiger partial charge in [0.05, 0.1) is 8.95 Å². The fourth-order valence-electron chi connectivity index (χ4n) is 1.61. The highest BCUT2D eigenvalue weighted by atomic mass is 79.9. The van der Waals surface area contributed by atoms with Crippen molar-refractivity contribution >= 4 is 31.9 Å². The van der Waals surface area contributed by atoms with Gasteiger partial charge < -0.3 is 10.2 Å². The van der Waals surface area contributed by atoms with Gasteiger partial charge in [-0.15, -0.1) is 0 Å². The fourth-order valence-corrected chi connectivity index (χ4v) is 2.42. The highest BCUT2D eigenvalue weighted by Gasteiger charge is 2.09. The van der Waals surface area contributed by atoms with Gasteiger partial charge in [-0.2, -0.15) is 0 Å². The number of hydrogen-bond acceptors (Lipinski definition) is 2. The van der Waals surface area contributed by atoms with E-state index in [2.05, 4.69) is 31.9 Å². The predicted molar refractivity (Wildman–Crippen MR) is 74.4 cm³/mol. The molecule has 88 valence electrons. The summed E-state index contributed by atoms with van der Waals surface area (Å²) in [6.45, 7) is 0. The zero-order valence-corrected chi connectivity index (χ0v) is 12.0. The molecule has 0 spiro atoms. The Kier molecular flexibility index (Phi) is 3.74. The Morgan fingerprint density at radius 3 is 1.59 bits per heavy atom. The van der Waals surface area contributed by atoms with Crippen molar-refractivity contribution in [2.75, 3.05) is 0 Å². The van der Waals surface area contributed by atoms with Crippen LogP contribution in [-0.4, -0.2) is 10.2 Å². The molecule has 0 unspecified atom stereocenters. The maximum atomic E-state index is 9.88. The van der Waals surface area contributed by atoms with Gasteiger partial charge >= 0.3 is 0 Å². The van der Waals surface area contributed by atoms with Crippen molar-refractivity contribution < 1.29 is 10.2 Å². The second-order valence-electron chi connectivity index (χ2n) is 3.67. The Morgan fingerprint density at radius 2 is 1.18 bits per heavy atom. The number of halogens is 2. The Hall–Kier alpha value is -1.00. The molecule has 0 fully saturated rings. The lowest BCUT2D eigenvalue weighted by Crippen LogP contribution is -1.90. The second kappa shape index (κ2) is 5.10. The molecule has 0 amide bonds. The molecule has 2 rings (SSSR count). The maximum Gasteiger partial charge on any atom is 0.133 e. The van der Waals surface area contributed by atoms with Crippen molar-refractivity contribution in [2.45, 2.75) is 6.42 Å². The third kappa shape index (κ3) is 2.64. The van der Waals surface area contributed by atoms with E-state index in [1.54, 1.807) is 12.1 Å². The van der Waals surface area contributed by atoms with Gasteiger partial charge in [0.15, 0.2) is 0 Å². The summed E-state index contributed by atoms with van der Waals surface area (Å²) in [4.78, 5) is 0. The monoisotopic (exact) mass is 356 g/mol. The Labute approximate surface area is 116 Å². The summed E-state index contributed by atoms with van der Waals surface area (Å²) in [6, 6.07) is 10.9. The third-order valence-electron chi connectivity index (χ3n) is 2.52. The van der Waals surface area contributed by atoms with E-state index < -0.39 is 0 Å². The molecule has 17 heavy (non-hydrogen) atoms. The summed E-state index contributed by atoms with van der Waals surface area (Å²) in [5.41, 5.74) is 1.54. The largest absolute Gasteiger partial charge is 0.506 e. The Morgan fingerprint density at radius 1 is 0.765 bits per heavy atom. The summed E-state index contributed by atoms with van der Waals surface area (Å²) in [7, 11) is 0. The lowest BCUT2D eigenvalue weighted by Gasteiger charge is -2.08. The molecular formula is C13H10Br2O2. The number of benzene rings is 2. The zero-order chi connectivity index (χ0) is 12.4. The normalized spacial score (nSPS) is 10.5. The molecule has 0 radical (unpaired) electrons. The van der Waals surface area contributed by atoms with Gasteiger partial charge in [-0.05, 0) is 55.1 Å². The average molecular weight is 358 g/mol. The van der Waals surface area contributed by atoms with Crippen LogP contribution in [0.5, 0.6) is 11.5 Å². The molecule has 0 aliphatic rings. The smallest absolute Gasteiger partial charge is 0.133 e. The van der Waals surface area contributed by atoms with Crippen LogP contribution in [0.4, 0.5) is 0 Å². The molecule has 2 nitrogen and oxygen atoms in total. The van der Waals surface area contributed by atoms with Gasteiger partial charge in [0.25, 0.3) is 0 Å². The van der Waals surface area contributed by atoms with Crippen LogP contribution in [-0.2, 0) is 6.42 Å². The second-order valence-corrected chi connectivity index (χ2v) is 5.38. The molecule has 0 aliphatic heterocycles. The molecule has 2 N–H and O–H groups in total. The first kappa shape index (κ1) is 12.5. The van der Waals surface area contributed by atoms with Crippen molar-refractivity contribution in [1.82, 2.24) is 0 Å². The van der Waals surface area contributed by atoms with Gasteiger partial charge in [-0.3, -0.25) is 0 Å². The number of rotatable bonds is 2. The third-order valence-corrected chi connectivity index (χ3v) is 3.80. The Bertz CT molecular complexity index is 504. The summed E-state index contributed by atoms with van der Waals surface area (Å²) >= 11 is 6.54. The summed E-state index contributed by atoms with van der Waals surface area (Å²) in [5.74, 6) is 0.429. The minimum absolute atomic E-state index is 0.215. The number of phenolic OH excluding ortho intramolecular Hbond substituents is 2. The lowest BCUT2D eigenvalue weighted by atomic mass is 10.0. The molecule has 0 heterocycles. The minimum atomic E-state index is 0.215. The van der Waals surface area contributed by atoms with E-state index in [4.69, 9.17) is 0 Å². The van der Waals surface area contributed by atoms with Crippen LogP contribution in [0.1, 0.15) is 11.1 Å². The molecule has 0 bridgehead atoms. The maximum absolute atomic E-state index is 9.88. The van der Waals surface area contributed by atoms with E-state index in [1.807, 2.05) is 24.3 Å². The number of para-hydroxylation sites is 2. The number of phenols is 2. The van der Waals surface area contributed by atoms with E-state index in [9.17, 15) is 10.2 Å². The first-order valence-electron chi connectivity index (χ1n) is 5.02. The van der Waals surface area contributed by atoms with Crippen molar-refractivity contribution in [3.8, 4) is 11.5 Å². The Balaban J connectivity index is 2.38. The van der Waals surface area contributed by atoms with Gasteiger partial charge in [0.2, 0.25) is 0 Å². The topological polar surface area (TPSA) is 40.5 Å². The molecule has 2 aromatic carbocycles. The van der Waals surface area contributed by atoms with Crippen LogP contribution in [0.25, 0.3) is 0 Å². The fraction of sp³-hybridized carbons (Fsp3) is 0.0769. The SMILES string of the molecule is Oc1c(Br)cccc1Cc1cccc(Br)c1O. The van der Waals surface area contributed by atoms with Crippen molar-refractivity contribution in [3.05, 3.63) is 56.5 Å². The number of hydrogen-bond donors (Lipinski definition) is 2. The molecule has 0 aliphatic carbocycles. The van der Waals surface area contributed by atoms with Crippen molar-refractivity contribution in [1.29, 1.82) is 0 Å². The summed E-state index contributed by atoms with van der Waals surface area (Å²) < 4.78 is 1.31. The summed E-state index contributed by atoms with van der Waals surface area (Å²) in [6.07, 6.45) is 0.483. The number of aromatic hydroxyl groups is 2. The van der Waals surface area contributed by atoms with Crippen LogP contribution in [0, 0.1) is 0 Å². The molecule has 0 atom stereocenters. The first-order valence-corrected chi connectivity index (χ1v) is 6.61. The lowest BCUT2D eigenvalue weighted by molar-refractivity contribution is 0.459. The van der Waals surface area contributed by atoms with Crippen LogP contribution < -0.4 is 0 Å². The highest BCUT2D eigenvalue weighted by Crippen LogP contribution is 2.33. The molecule has 2 aromatic rings. The van der Waals surface area contributed by atoms with Crippen LogP contribution >= 0.6 is 31.9 Å². The average Bonchev–Trinajstić information content (AvgIpc) is 2.31. The van der Waals surface area contributed by atoms with E-state index in [0.29, 0.717) is 15.4 Å². The van der Waals surface area contributed by atoms with Crippen molar-refractivity contribution in [2.24, 2.45) is 0 Å². The van der Waals surface area contributed by atoms with E-state index in [0.717, 1.165) is 11.1 Å². The summed E-state index contributed by atoms with van der Waals surface area (Å²) in [5, 5.41) is 19.8. The predicted octanol–water partition coefficient (Wildman–Crippen LogP) is 4.21. The van der Waals surface area contributed by atoms with E-state index >= 15 is 0 Å². The highest BCUT2D eigenvalue weighted by molar-refractivity contribution is 9.10. The molecule has 0 saturated heterocycles.